The average Bonchev–Trinajstić information content (AvgIpc) is 2.00. The largest absolute Gasteiger partial charge is 0.452 e. The van der Waals surface area contributed by atoms with Crippen molar-refractivity contribution in [2.45, 2.75) is 13.0 Å². The smallest absolute Gasteiger partial charge is 0.421 e. The molecule has 0 heterocycles. The van der Waals surface area contributed by atoms with Gasteiger partial charge in [0.1, 0.15) is 0 Å². The fraction of sp³-hybridized carbons (Fsp3) is 0.800. The van der Waals surface area contributed by atoms with Crippen LogP contribution in [0, 0.1) is 0 Å². The molecule has 0 bridgehead atoms. The lowest BCUT2D eigenvalue weighted by atomic mass is 10.4. The molecule has 13 heavy (non-hydrogen) atoms. The van der Waals surface area contributed by atoms with E-state index in [9.17, 15) is 13.2 Å². The first-order chi connectivity index (χ1) is 5.87. The molecule has 0 aromatic carbocycles. The predicted octanol–water partition coefficient (Wildman–Crippen LogP) is -1.48. The van der Waals surface area contributed by atoms with Gasteiger partial charge in [-0.3, -0.25) is 0 Å². The Morgan fingerprint density at radius 1 is 1.62 bits per heavy atom. The van der Waals surface area contributed by atoms with Crippen LogP contribution in [0.2, 0.25) is 0 Å². The Morgan fingerprint density at radius 3 is 2.54 bits per heavy atom. The molecular formula is C5H13N3O4S. The van der Waals surface area contributed by atoms with Gasteiger partial charge in [0.2, 0.25) is 0 Å². The molecule has 0 fully saturated rings. The first-order valence-electron chi connectivity index (χ1n) is 3.48. The summed E-state index contributed by atoms with van der Waals surface area (Å²) >= 11 is 0. The number of nitrogens with two attached hydrogens (primary N) is 1. The molecule has 0 saturated carbocycles. The van der Waals surface area contributed by atoms with Crippen molar-refractivity contribution in [3.63, 3.8) is 0 Å². The van der Waals surface area contributed by atoms with Crippen LogP contribution in [0.4, 0.5) is 4.79 Å². The maximum absolute atomic E-state index is 10.9. The Bertz CT molecular complexity index is 261. The number of hydrogen-bond donors (Lipinski definition) is 3. The molecule has 0 rings (SSSR count). The fourth-order valence-corrected chi connectivity index (χ4v) is 1.29. The lowest BCUT2D eigenvalue weighted by molar-refractivity contribution is 0.177. The predicted molar refractivity (Wildman–Crippen MR) is 46.1 cm³/mol. The minimum Gasteiger partial charge on any atom is -0.452 e. The molecule has 7 nitrogen and oxygen atoms in total. The minimum absolute atomic E-state index is 0.0479. The summed E-state index contributed by atoms with van der Waals surface area (Å²) < 4.78 is 29.6. The molecule has 0 aromatic heterocycles. The number of hydrogen-bond acceptors (Lipinski definition) is 5. The van der Waals surface area contributed by atoms with Crippen LogP contribution < -0.4 is 15.2 Å². The zero-order chi connectivity index (χ0) is 10.5. The highest BCUT2D eigenvalue weighted by Crippen LogP contribution is 1.80. The number of carbonyl (C=O) groups is 1. The molecule has 0 saturated heterocycles. The monoisotopic (exact) mass is 211 g/mol. The van der Waals surface area contributed by atoms with Crippen molar-refractivity contribution >= 4 is 16.3 Å². The normalized spacial score (nSPS) is 13.5. The van der Waals surface area contributed by atoms with Gasteiger partial charge in [0.05, 0.1) is 7.11 Å². The maximum atomic E-state index is 10.9. The summed E-state index contributed by atoms with van der Waals surface area (Å²) in [5.74, 6) is 0. The number of nitrogens with one attached hydrogen (secondary N) is 2. The molecule has 0 aliphatic carbocycles. The van der Waals surface area contributed by atoms with Gasteiger partial charge in [-0.15, -0.1) is 0 Å². The third-order valence-electron chi connectivity index (χ3n) is 0.998. The summed E-state index contributed by atoms with van der Waals surface area (Å²) in [6, 6.07) is -0.325. The van der Waals surface area contributed by atoms with Gasteiger partial charge < -0.3 is 10.5 Å². The summed E-state index contributed by atoms with van der Waals surface area (Å²) in [6.07, 6.45) is -1.04. The minimum atomic E-state index is -3.84. The van der Waals surface area contributed by atoms with Gasteiger partial charge in [0, 0.05) is 12.6 Å². The molecule has 1 amide bonds. The highest BCUT2D eigenvalue weighted by atomic mass is 32.2. The maximum Gasteiger partial charge on any atom is 0.421 e. The van der Waals surface area contributed by atoms with Crippen LogP contribution in [0.5, 0.6) is 0 Å². The first-order valence-corrected chi connectivity index (χ1v) is 4.96. The molecule has 0 aliphatic rings. The second-order valence-corrected chi connectivity index (χ2v) is 3.92. The lowest BCUT2D eigenvalue weighted by Gasteiger charge is -2.08. The standard InChI is InChI=1S/C5H13N3O4S/c1-4(6)3-7-13(10,11)8-5(9)12-2/h4,7H,3,6H2,1-2H3,(H,8,9). The van der Waals surface area contributed by atoms with Crippen LogP contribution in [0.1, 0.15) is 6.92 Å². The third kappa shape index (κ3) is 6.31. The molecule has 78 valence electrons. The van der Waals surface area contributed by atoms with Gasteiger partial charge in [0.15, 0.2) is 0 Å². The SMILES string of the molecule is COC(=O)NS(=O)(=O)NCC(C)N. The molecule has 0 radical (unpaired) electrons. The van der Waals surface area contributed by atoms with E-state index in [1.165, 1.54) is 0 Å². The Balaban J connectivity index is 4.02. The summed E-state index contributed by atoms with van der Waals surface area (Å²) in [4.78, 5) is 10.5. The number of carbonyl (C=O) groups excluding carboxylic acids is 1. The number of rotatable bonds is 4. The zero-order valence-electron chi connectivity index (χ0n) is 7.40. The average molecular weight is 211 g/mol. The molecule has 0 aliphatic heterocycles. The van der Waals surface area contributed by atoms with E-state index in [-0.39, 0.29) is 12.6 Å². The van der Waals surface area contributed by atoms with Gasteiger partial charge in [-0.2, -0.15) is 13.1 Å². The van der Waals surface area contributed by atoms with Gasteiger partial charge in [-0.25, -0.2) is 9.52 Å². The Kier molecular flexibility index (Phi) is 4.67. The topological polar surface area (TPSA) is 111 Å². The Hall–Kier alpha value is -0.860. The van der Waals surface area contributed by atoms with Crippen LogP contribution in [0.15, 0.2) is 0 Å². The van der Waals surface area contributed by atoms with Crippen LogP contribution in [-0.4, -0.2) is 34.2 Å². The van der Waals surface area contributed by atoms with Crippen molar-refractivity contribution < 1.29 is 17.9 Å². The molecule has 0 spiro atoms. The van der Waals surface area contributed by atoms with E-state index in [1.807, 2.05) is 0 Å². The molecule has 4 N–H and O–H groups in total. The van der Waals surface area contributed by atoms with Crippen molar-refractivity contribution in [1.82, 2.24) is 9.44 Å². The molecule has 1 unspecified atom stereocenters. The number of methoxy groups -OCH3 is 1. The summed E-state index contributed by atoms with van der Waals surface area (Å²) in [6.45, 7) is 1.67. The summed E-state index contributed by atoms with van der Waals surface area (Å²) in [5.41, 5.74) is 5.29. The third-order valence-corrected chi connectivity index (χ3v) is 1.98. The second kappa shape index (κ2) is 5.00. The van der Waals surface area contributed by atoms with E-state index in [1.54, 1.807) is 11.6 Å². The lowest BCUT2D eigenvalue weighted by Crippen LogP contribution is -2.44. The molecular weight excluding hydrogens is 198 g/mol. The van der Waals surface area contributed by atoms with Gasteiger partial charge in [-0.05, 0) is 6.92 Å². The van der Waals surface area contributed by atoms with E-state index in [0.717, 1.165) is 7.11 Å². The van der Waals surface area contributed by atoms with Crippen molar-refractivity contribution in [2.24, 2.45) is 5.73 Å². The Labute approximate surface area is 76.8 Å². The van der Waals surface area contributed by atoms with E-state index >= 15 is 0 Å². The highest BCUT2D eigenvalue weighted by Gasteiger charge is 2.13. The molecule has 1 atom stereocenters. The van der Waals surface area contributed by atoms with Gasteiger partial charge in [-0.1, -0.05) is 0 Å². The summed E-state index contributed by atoms with van der Waals surface area (Å²) in [7, 11) is -2.78. The van der Waals surface area contributed by atoms with Crippen molar-refractivity contribution in [3.8, 4) is 0 Å². The van der Waals surface area contributed by atoms with E-state index in [2.05, 4.69) is 9.46 Å². The van der Waals surface area contributed by atoms with Crippen LogP contribution in [0.25, 0.3) is 0 Å². The molecule has 8 heteroatoms. The van der Waals surface area contributed by atoms with Crippen LogP contribution >= 0.6 is 0 Å². The Morgan fingerprint density at radius 2 is 2.15 bits per heavy atom. The van der Waals surface area contributed by atoms with Gasteiger partial charge >= 0.3 is 16.3 Å². The first kappa shape index (κ1) is 12.1. The highest BCUT2D eigenvalue weighted by molar-refractivity contribution is 7.88. The quantitative estimate of drug-likeness (QED) is 0.525. The molecule has 0 aromatic rings. The van der Waals surface area contributed by atoms with E-state index in [0.29, 0.717) is 0 Å². The zero-order valence-corrected chi connectivity index (χ0v) is 8.22. The van der Waals surface area contributed by atoms with Gasteiger partial charge in [0.25, 0.3) is 0 Å². The van der Waals surface area contributed by atoms with E-state index in [4.69, 9.17) is 5.73 Å². The van der Waals surface area contributed by atoms with E-state index < -0.39 is 16.3 Å². The van der Waals surface area contributed by atoms with Crippen LogP contribution in [-0.2, 0) is 14.9 Å². The summed E-state index contributed by atoms with van der Waals surface area (Å²) in [5, 5.41) is 0. The van der Waals surface area contributed by atoms with Crippen molar-refractivity contribution in [3.05, 3.63) is 0 Å². The second-order valence-electron chi connectivity index (χ2n) is 2.42. The number of amides is 1. The van der Waals surface area contributed by atoms with Crippen molar-refractivity contribution in [1.29, 1.82) is 0 Å². The number of ether oxygens (including phenoxy) is 1. The fourth-order valence-electron chi connectivity index (χ4n) is 0.429. The van der Waals surface area contributed by atoms with Crippen molar-refractivity contribution in [2.75, 3.05) is 13.7 Å². The van der Waals surface area contributed by atoms with Crippen LogP contribution in [0.3, 0.4) is 0 Å².